The second kappa shape index (κ2) is 6.55. The lowest BCUT2D eigenvalue weighted by atomic mass is 10.0. The fraction of sp³-hybridized carbons (Fsp3) is 0.526. The Bertz CT molecular complexity index is 665. The van der Waals surface area contributed by atoms with E-state index in [0.29, 0.717) is 6.54 Å². The molecule has 120 valence electrons. The van der Waals surface area contributed by atoms with Crippen LogP contribution >= 0.6 is 0 Å². The van der Waals surface area contributed by atoms with Gasteiger partial charge in [-0.2, -0.15) is 0 Å². The lowest BCUT2D eigenvalue weighted by molar-refractivity contribution is -0.125. The first-order valence-corrected chi connectivity index (χ1v) is 8.41. The number of rotatable bonds is 4. The molecule has 0 radical (unpaired) electrons. The Balaban J connectivity index is 0.000000847. The van der Waals surface area contributed by atoms with E-state index in [4.69, 9.17) is 0 Å². The van der Waals surface area contributed by atoms with Gasteiger partial charge in [-0.1, -0.05) is 27.7 Å². The summed E-state index contributed by atoms with van der Waals surface area (Å²) in [5.41, 5.74) is 4.85. The molecule has 2 aromatic rings. The molecule has 0 spiro atoms. The zero-order chi connectivity index (χ0) is 16.3. The Kier molecular flexibility index (Phi) is 4.94. The van der Waals surface area contributed by atoms with E-state index < -0.39 is 0 Å². The number of nitrogens with one attached hydrogen (secondary N) is 2. The normalized spacial score (nSPS) is 15.1. The van der Waals surface area contributed by atoms with E-state index in [2.05, 4.69) is 42.3 Å². The van der Waals surface area contributed by atoms with Gasteiger partial charge in [0.1, 0.15) is 0 Å². The molecule has 1 amide bonds. The molecule has 0 saturated heterocycles. The van der Waals surface area contributed by atoms with E-state index in [9.17, 15) is 4.79 Å². The molecule has 1 aromatic carbocycles. The predicted octanol–water partition coefficient (Wildman–Crippen LogP) is 4.48. The van der Waals surface area contributed by atoms with Gasteiger partial charge < -0.3 is 10.3 Å². The molecule has 1 heterocycles. The number of fused-ring (bicyclic) bond motifs is 1. The van der Waals surface area contributed by atoms with Crippen molar-refractivity contribution in [1.82, 2.24) is 10.3 Å². The van der Waals surface area contributed by atoms with Gasteiger partial charge in [0.15, 0.2) is 0 Å². The highest BCUT2D eigenvalue weighted by Crippen LogP contribution is 2.45. The molecule has 1 aliphatic rings. The number of hydrogen-bond donors (Lipinski definition) is 2. The van der Waals surface area contributed by atoms with Crippen LogP contribution < -0.4 is 5.32 Å². The van der Waals surface area contributed by atoms with Gasteiger partial charge in [0.05, 0.1) is 6.54 Å². The third-order valence-electron chi connectivity index (χ3n) is 4.50. The van der Waals surface area contributed by atoms with Crippen LogP contribution in [-0.2, 0) is 17.8 Å². The van der Waals surface area contributed by atoms with Gasteiger partial charge >= 0.3 is 0 Å². The molecule has 2 N–H and O–H groups in total. The summed E-state index contributed by atoms with van der Waals surface area (Å²) >= 11 is 0. The zero-order valence-corrected chi connectivity index (χ0v) is 14.5. The standard InChI is InChI=1S/C17H22N2O.C2H6/c1-4-12-9-15-13(7-11(12)2)8-14(19-15)10-18-16(20)17(3)5-6-17;1-2/h7-9,19H,4-6,10H2,1-3H3,(H,18,20);1-2H3. The molecule has 1 aromatic heterocycles. The summed E-state index contributed by atoms with van der Waals surface area (Å²) in [6, 6.07) is 6.58. The maximum atomic E-state index is 11.9. The molecular formula is C19H28N2O. The smallest absolute Gasteiger partial charge is 0.226 e. The van der Waals surface area contributed by atoms with Gasteiger partial charge in [0.2, 0.25) is 5.91 Å². The van der Waals surface area contributed by atoms with Crippen LogP contribution in [0.5, 0.6) is 0 Å². The van der Waals surface area contributed by atoms with Crippen molar-refractivity contribution >= 4 is 16.8 Å². The molecule has 3 rings (SSSR count). The summed E-state index contributed by atoms with van der Waals surface area (Å²) < 4.78 is 0. The minimum Gasteiger partial charge on any atom is -0.357 e. The van der Waals surface area contributed by atoms with Crippen molar-refractivity contribution in [2.24, 2.45) is 5.41 Å². The van der Waals surface area contributed by atoms with Crippen molar-refractivity contribution in [2.45, 2.75) is 60.4 Å². The topological polar surface area (TPSA) is 44.9 Å². The van der Waals surface area contributed by atoms with E-state index in [1.807, 2.05) is 20.8 Å². The average molecular weight is 300 g/mol. The number of carbonyl (C=O) groups excluding carboxylic acids is 1. The number of benzene rings is 1. The molecule has 1 saturated carbocycles. The second-order valence-corrected chi connectivity index (χ2v) is 6.26. The minimum atomic E-state index is -0.0992. The molecule has 0 atom stereocenters. The minimum absolute atomic E-state index is 0.0992. The van der Waals surface area contributed by atoms with Crippen LogP contribution in [0.3, 0.4) is 0 Å². The van der Waals surface area contributed by atoms with Crippen LogP contribution in [0.4, 0.5) is 0 Å². The highest BCUT2D eigenvalue weighted by molar-refractivity contribution is 5.85. The molecule has 0 aliphatic heterocycles. The van der Waals surface area contributed by atoms with Gasteiger partial charge in [-0.3, -0.25) is 4.79 Å². The molecule has 0 bridgehead atoms. The van der Waals surface area contributed by atoms with Crippen molar-refractivity contribution in [3.63, 3.8) is 0 Å². The Morgan fingerprint density at radius 1 is 1.27 bits per heavy atom. The van der Waals surface area contributed by atoms with Gasteiger partial charge in [-0.25, -0.2) is 0 Å². The highest BCUT2D eigenvalue weighted by Gasteiger charge is 2.44. The number of H-pyrrole nitrogens is 1. The van der Waals surface area contributed by atoms with Crippen molar-refractivity contribution in [2.75, 3.05) is 0 Å². The summed E-state index contributed by atoms with van der Waals surface area (Å²) in [6.07, 6.45) is 3.08. The van der Waals surface area contributed by atoms with E-state index in [0.717, 1.165) is 30.5 Å². The van der Waals surface area contributed by atoms with Gasteiger partial charge in [0, 0.05) is 16.6 Å². The lowest BCUT2D eigenvalue weighted by Gasteiger charge is -2.08. The first kappa shape index (κ1) is 16.6. The largest absolute Gasteiger partial charge is 0.357 e. The Morgan fingerprint density at radius 2 is 1.95 bits per heavy atom. The Labute approximate surface area is 133 Å². The van der Waals surface area contributed by atoms with Crippen LogP contribution in [0.15, 0.2) is 18.2 Å². The maximum Gasteiger partial charge on any atom is 0.226 e. The lowest BCUT2D eigenvalue weighted by Crippen LogP contribution is -2.29. The molecule has 1 aliphatic carbocycles. The molecule has 3 nitrogen and oxygen atoms in total. The van der Waals surface area contributed by atoms with Crippen LogP contribution in [0.25, 0.3) is 10.9 Å². The van der Waals surface area contributed by atoms with Crippen LogP contribution in [0, 0.1) is 12.3 Å². The number of hydrogen-bond acceptors (Lipinski definition) is 1. The van der Waals surface area contributed by atoms with Crippen molar-refractivity contribution in [3.8, 4) is 0 Å². The Hall–Kier alpha value is -1.77. The van der Waals surface area contributed by atoms with E-state index in [1.165, 1.54) is 16.5 Å². The summed E-state index contributed by atoms with van der Waals surface area (Å²) in [5, 5.41) is 4.26. The fourth-order valence-corrected chi connectivity index (χ4v) is 2.68. The van der Waals surface area contributed by atoms with Crippen LogP contribution in [0.1, 0.15) is 57.4 Å². The van der Waals surface area contributed by atoms with Crippen LogP contribution in [-0.4, -0.2) is 10.9 Å². The molecule has 0 unspecified atom stereocenters. The third kappa shape index (κ3) is 3.34. The predicted molar refractivity (Wildman–Crippen MR) is 92.9 cm³/mol. The van der Waals surface area contributed by atoms with Gasteiger partial charge in [-0.15, -0.1) is 0 Å². The molecule has 3 heteroatoms. The number of aromatic nitrogens is 1. The quantitative estimate of drug-likeness (QED) is 0.859. The van der Waals surface area contributed by atoms with E-state index in [1.54, 1.807) is 0 Å². The van der Waals surface area contributed by atoms with Crippen molar-refractivity contribution < 1.29 is 4.79 Å². The highest BCUT2D eigenvalue weighted by atomic mass is 16.2. The maximum absolute atomic E-state index is 11.9. The SMILES string of the molecule is CC.CCc1cc2[nH]c(CNC(=O)C3(C)CC3)cc2cc1C. The average Bonchev–Trinajstić information content (AvgIpc) is 3.15. The van der Waals surface area contributed by atoms with Gasteiger partial charge in [-0.05, 0) is 60.9 Å². The summed E-state index contributed by atoms with van der Waals surface area (Å²) in [6.45, 7) is 10.9. The first-order chi connectivity index (χ1) is 10.5. The van der Waals surface area contributed by atoms with E-state index >= 15 is 0 Å². The molecule has 22 heavy (non-hydrogen) atoms. The van der Waals surface area contributed by atoms with E-state index in [-0.39, 0.29) is 11.3 Å². The fourth-order valence-electron chi connectivity index (χ4n) is 2.68. The van der Waals surface area contributed by atoms with Crippen molar-refractivity contribution in [3.05, 3.63) is 35.0 Å². The van der Waals surface area contributed by atoms with Crippen molar-refractivity contribution in [1.29, 1.82) is 0 Å². The van der Waals surface area contributed by atoms with Gasteiger partial charge in [0.25, 0.3) is 0 Å². The number of amides is 1. The number of aromatic amines is 1. The van der Waals surface area contributed by atoms with Crippen LogP contribution in [0.2, 0.25) is 0 Å². The summed E-state index contributed by atoms with van der Waals surface area (Å²) in [4.78, 5) is 15.4. The monoisotopic (exact) mass is 300 g/mol. The third-order valence-corrected chi connectivity index (χ3v) is 4.50. The summed E-state index contributed by atoms with van der Waals surface area (Å²) in [7, 11) is 0. The first-order valence-electron chi connectivity index (χ1n) is 8.41. The zero-order valence-electron chi connectivity index (χ0n) is 14.5. The Morgan fingerprint density at radius 3 is 2.55 bits per heavy atom. The second-order valence-electron chi connectivity index (χ2n) is 6.26. The summed E-state index contributed by atoms with van der Waals surface area (Å²) in [5.74, 6) is 0.182. The number of aryl methyl sites for hydroxylation is 2. The molecule has 1 fully saturated rings. The molecular weight excluding hydrogens is 272 g/mol. The number of carbonyl (C=O) groups is 1.